The molecule has 19 heavy (non-hydrogen) atoms. The predicted octanol–water partition coefficient (Wildman–Crippen LogP) is 2.07. The van der Waals surface area contributed by atoms with Crippen molar-refractivity contribution in [3.63, 3.8) is 0 Å². The van der Waals surface area contributed by atoms with Gasteiger partial charge in [0.1, 0.15) is 11.8 Å². The molecule has 0 aliphatic heterocycles. The number of ether oxygens (including phenoxy) is 1. The summed E-state index contributed by atoms with van der Waals surface area (Å²) in [6.07, 6.45) is 1.02. The van der Waals surface area contributed by atoms with E-state index in [4.69, 9.17) is 9.84 Å². The Balaban J connectivity index is 2.65. The maximum Gasteiger partial charge on any atom is 0.325 e. The van der Waals surface area contributed by atoms with Crippen LogP contribution in [0.5, 0.6) is 5.75 Å². The third-order valence-electron chi connectivity index (χ3n) is 2.75. The van der Waals surface area contributed by atoms with Crippen LogP contribution in [0.15, 0.2) is 24.3 Å². The van der Waals surface area contributed by atoms with Crippen LogP contribution in [0.4, 0.5) is 0 Å². The fourth-order valence-corrected chi connectivity index (χ4v) is 1.34. The first-order valence-electron chi connectivity index (χ1n) is 6.24. The molecule has 0 fully saturated rings. The van der Waals surface area contributed by atoms with E-state index >= 15 is 0 Å². The summed E-state index contributed by atoms with van der Waals surface area (Å²) in [6, 6.07) is 5.71. The lowest BCUT2D eigenvalue weighted by molar-refractivity contribution is -0.138. The molecule has 0 spiro atoms. The quantitative estimate of drug-likeness (QED) is 0.825. The number of amides is 1. The number of hydrogen-bond donors (Lipinski definition) is 2. The smallest absolute Gasteiger partial charge is 0.325 e. The fraction of sp³-hybridized carbons (Fsp3) is 0.429. The Hall–Kier alpha value is -2.04. The van der Waals surface area contributed by atoms with Gasteiger partial charge in [0.05, 0.1) is 6.10 Å². The van der Waals surface area contributed by atoms with Crippen LogP contribution in [0.2, 0.25) is 0 Å². The molecule has 1 amide bonds. The molecule has 104 valence electrons. The standard InChI is InChI=1S/C14H19NO4/c1-4-9(2)19-12-7-5-11(6-8-12)13(16)15-10(3)14(17)18/h5-10H,4H2,1-3H3,(H,15,16)(H,17,18). The van der Waals surface area contributed by atoms with Crippen LogP contribution >= 0.6 is 0 Å². The monoisotopic (exact) mass is 265 g/mol. The molecule has 2 atom stereocenters. The lowest BCUT2D eigenvalue weighted by Gasteiger charge is -2.13. The summed E-state index contributed by atoms with van der Waals surface area (Å²) in [4.78, 5) is 22.4. The minimum absolute atomic E-state index is 0.117. The van der Waals surface area contributed by atoms with Gasteiger partial charge in [-0.15, -0.1) is 0 Å². The average molecular weight is 265 g/mol. The van der Waals surface area contributed by atoms with Crippen molar-refractivity contribution >= 4 is 11.9 Å². The molecule has 2 N–H and O–H groups in total. The SMILES string of the molecule is CCC(C)Oc1ccc(C(=O)NC(C)C(=O)O)cc1. The van der Waals surface area contributed by atoms with Gasteiger partial charge >= 0.3 is 5.97 Å². The molecule has 1 rings (SSSR count). The second-order valence-corrected chi connectivity index (χ2v) is 4.39. The summed E-state index contributed by atoms with van der Waals surface area (Å²) in [5.74, 6) is -0.785. The van der Waals surface area contributed by atoms with Crippen LogP contribution in [0.3, 0.4) is 0 Å². The third-order valence-corrected chi connectivity index (χ3v) is 2.75. The van der Waals surface area contributed by atoms with Gasteiger partial charge < -0.3 is 15.2 Å². The Labute approximate surface area is 112 Å². The van der Waals surface area contributed by atoms with Crippen LogP contribution < -0.4 is 10.1 Å². The molecule has 0 radical (unpaired) electrons. The van der Waals surface area contributed by atoms with E-state index in [0.29, 0.717) is 11.3 Å². The Bertz CT molecular complexity index is 441. The van der Waals surface area contributed by atoms with E-state index in [1.54, 1.807) is 24.3 Å². The first kappa shape index (κ1) is 15.0. The highest BCUT2D eigenvalue weighted by molar-refractivity contribution is 5.96. The maximum absolute atomic E-state index is 11.7. The van der Waals surface area contributed by atoms with Crippen LogP contribution in [0, 0.1) is 0 Å². The molecule has 0 aromatic heterocycles. The maximum atomic E-state index is 11.7. The molecule has 0 aliphatic rings. The minimum atomic E-state index is -1.06. The van der Waals surface area contributed by atoms with Crippen molar-refractivity contribution in [1.82, 2.24) is 5.32 Å². The highest BCUT2D eigenvalue weighted by Crippen LogP contribution is 2.14. The van der Waals surface area contributed by atoms with Crippen molar-refractivity contribution < 1.29 is 19.4 Å². The van der Waals surface area contributed by atoms with Gasteiger partial charge in [-0.25, -0.2) is 0 Å². The minimum Gasteiger partial charge on any atom is -0.491 e. The Morgan fingerprint density at radius 3 is 2.32 bits per heavy atom. The van der Waals surface area contributed by atoms with E-state index < -0.39 is 17.9 Å². The van der Waals surface area contributed by atoms with Crippen LogP contribution in [-0.4, -0.2) is 29.1 Å². The number of rotatable bonds is 6. The average Bonchev–Trinajstić information content (AvgIpc) is 2.39. The first-order valence-corrected chi connectivity index (χ1v) is 6.24. The molecule has 5 heteroatoms. The van der Waals surface area contributed by atoms with Crippen molar-refractivity contribution in [2.75, 3.05) is 0 Å². The zero-order chi connectivity index (χ0) is 14.4. The molecule has 0 saturated heterocycles. The Kier molecular flexibility index (Phi) is 5.36. The van der Waals surface area contributed by atoms with Gasteiger partial charge in [0.2, 0.25) is 0 Å². The zero-order valence-electron chi connectivity index (χ0n) is 11.3. The second-order valence-electron chi connectivity index (χ2n) is 4.39. The number of hydrogen-bond acceptors (Lipinski definition) is 3. The van der Waals surface area contributed by atoms with Crippen LogP contribution in [0.25, 0.3) is 0 Å². The third kappa shape index (κ3) is 4.62. The largest absolute Gasteiger partial charge is 0.491 e. The molecule has 0 aliphatic carbocycles. The van der Waals surface area contributed by atoms with Gasteiger partial charge in [-0.1, -0.05) is 6.92 Å². The number of carboxylic acid groups (broad SMARTS) is 1. The molecule has 0 saturated carbocycles. The van der Waals surface area contributed by atoms with E-state index in [1.165, 1.54) is 6.92 Å². The van der Waals surface area contributed by atoms with Gasteiger partial charge in [-0.2, -0.15) is 0 Å². The highest BCUT2D eigenvalue weighted by atomic mass is 16.5. The molecule has 0 heterocycles. The van der Waals surface area contributed by atoms with Crippen molar-refractivity contribution in [2.45, 2.75) is 39.3 Å². The van der Waals surface area contributed by atoms with Gasteiger partial charge in [0, 0.05) is 5.56 Å². The van der Waals surface area contributed by atoms with Gasteiger partial charge in [0.15, 0.2) is 0 Å². The molecular weight excluding hydrogens is 246 g/mol. The Morgan fingerprint density at radius 1 is 1.26 bits per heavy atom. The molecule has 5 nitrogen and oxygen atoms in total. The number of nitrogens with one attached hydrogen (secondary N) is 1. The fourth-order valence-electron chi connectivity index (χ4n) is 1.34. The first-order chi connectivity index (χ1) is 8.93. The highest BCUT2D eigenvalue weighted by Gasteiger charge is 2.15. The summed E-state index contributed by atoms with van der Waals surface area (Å²) in [6.45, 7) is 5.41. The molecular formula is C14H19NO4. The molecule has 0 bridgehead atoms. The lowest BCUT2D eigenvalue weighted by Crippen LogP contribution is -2.38. The van der Waals surface area contributed by atoms with Crippen LogP contribution in [0.1, 0.15) is 37.6 Å². The van der Waals surface area contributed by atoms with Crippen molar-refractivity contribution in [1.29, 1.82) is 0 Å². The second kappa shape index (κ2) is 6.78. The Morgan fingerprint density at radius 2 is 1.84 bits per heavy atom. The van der Waals surface area contributed by atoms with Crippen LogP contribution in [-0.2, 0) is 4.79 Å². The summed E-state index contributed by atoms with van der Waals surface area (Å²) in [7, 11) is 0. The van der Waals surface area contributed by atoms with Crippen molar-refractivity contribution in [3.05, 3.63) is 29.8 Å². The van der Waals surface area contributed by atoms with E-state index in [9.17, 15) is 9.59 Å². The topological polar surface area (TPSA) is 75.6 Å². The number of carbonyl (C=O) groups excluding carboxylic acids is 1. The lowest BCUT2D eigenvalue weighted by atomic mass is 10.2. The number of carbonyl (C=O) groups is 2. The number of carboxylic acids is 1. The van der Waals surface area contributed by atoms with Gasteiger partial charge in [-0.3, -0.25) is 9.59 Å². The number of benzene rings is 1. The van der Waals surface area contributed by atoms with Gasteiger partial charge in [-0.05, 0) is 44.5 Å². The van der Waals surface area contributed by atoms with E-state index in [1.807, 2.05) is 13.8 Å². The summed E-state index contributed by atoms with van der Waals surface area (Å²) < 4.78 is 5.59. The summed E-state index contributed by atoms with van der Waals surface area (Å²) >= 11 is 0. The molecule has 1 aromatic carbocycles. The van der Waals surface area contributed by atoms with Gasteiger partial charge in [0.25, 0.3) is 5.91 Å². The molecule has 2 unspecified atom stereocenters. The summed E-state index contributed by atoms with van der Waals surface area (Å²) in [5, 5.41) is 11.1. The molecule has 1 aromatic rings. The van der Waals surface area contributed by atoms with E-state index in [0.717, 1.165) is 6.42 Å². The summed E-state index contributed by atoms with van der Waals surface area (Å²) in [5.41, 5.74) is 0.407. The zero-order valence-corrected chi connectivity index (χ0v) is 11.3. The van der Waals surface area contributed by atoms with Crippen molar-refractivity contribution in [3.8, 4) is 5.75 Å². The van der Waals surface area contributed by atoms with E-state index in [-0.39, 0.29) is 6.10 Å². The number of aliphatic carboxylic acids is 1. The predicted molar refractivity (Wildman–Crippen MR) is 71.4 cm³/mol. The normalized spacial score (nSPS) is 13.4. The van der Waals surface area contributed by atoms with Crippen molar-refractivity contribution in [2.24, 2.45) is 0 Å². The van der Waals surface area contributed by atoms with E-state index in [2.05, 4.69) is 5.32 Å².